The Labute approximate surface area is 170 Å². The largest absolute Gasteiger partial charge is 0.497 e. The number of methoxy groups -OCH3 is 1. The molecule has 0 radical (unpaired) electrons. The van der Waals surface area contributed by atoms with Crippen LogP contribution in [0, 0.1) is 6.92 Å². The summed E-state index contributed by atoms with van der Waals surface area (Å²) in [6.45, 7) is 2.02. The molecule has 2 amide bonds. The molecule has 5 nitrogen and oxygen atoms in total. The molecular weight excluding hydrogens is 364 g/mol. The van der Waals surface area contributed by atoms with E-state index in [1.165, 1.54) is 5.56 Å². The lowest BCUT2D eigenvalue weighted by Crippen LogP contribution is -2.19. The minimum absolute atomic E-state index is 0.0974. The quantitative estimate of drug-likeness (QED) is 0.431. The highest BCUT2D eigenvalue weighted by Gasteiger charge is 2.05. The van der Waals surface area contributed by atoms with Gasteiger partial charge in [0, 0.05) is 16.9 Å². The zero-order chi connectivity index (χ0) is 20.6. The number of nitrogens with one attached hydrogen (secondary N) is 2. The Morgan fingerprint density at radius 2 is 1.34 bits per heavy atom. The zero-order valence-electron chi connectivity index (χ0n) is 16.3. The second-order valence-corrected chi connectivity index (χ2v) is 6.49. The predicted molar refractivity (Wildman–Crippen MR) is 117 cm³/mol. The average molecular weight is 386 g/mol. The maximum absolute atomic E-state index is 12.3. The van der Waals surface area contributed by atoms with E-state index in [0.717, 1.165) is 5.56 Å². The van der Waals surface area contributed by atoms with E-state index < -0.39 is 0 Å². The minimum atomic E-state index is -0.367. The molecule has 0 aliphatic rings. The molecule has 0 unspecified atom stereocenters. The van der Waals surface area contributed by atoms with Crippen molar-refractivity contribution in [3.63, 3.8) is 0 Å². The second-order valence-electron chi connectivity index (χ2n) is 6.49. The van der Waals surface area contributed by atoms with Gasteiger partial charge in [0.05, 0.1) is 7.11 Å². The molecule has 0 aliphatic heterocycles. The van der Waals surface area contributed by atoms with Crippen LogP contribution < -0.4 is 15.4 Å². The summed E-state index contributed by atoms with van der Waals surface area (Å²) in [5.41, 5.74) is 3.94. The molecule has 0 fully saturated rings. The normalized spacial score (nSPS) is 10.6. The van der Waals surface area contributed by atoms with Crippen LogP contribution in [0.4, 0.5) is 16.2 Å². The van der Waals surface area contributed by atoms with E-state index in [1.54, 1.807) is 67.8 Å². The van der Waals surface area contributed by atoms with Gasteiger partial charge in [0.2, 0.25) is 0 Å². The fourth-order valence-corrected chi connectivity index (χ4v) is 2.63. The van der Waals surface area contributed by atoms with Gasteiger partial charge in [0.15, 0.2) is 5.78 Å². The van der Waals surface area contributed by atoms with Gasteiger partial charge in [-0.3, -0.25) is 4.79 Å². The molecule has 0 aromatic heterocycles. The van der Waals surface area contributed by atoms with Crippen molar-refractivity contribution in [3.05, 3.63) is 95.6 Å². The smallest absolute Gasteiger partial charge is 0.323 e. The molecule has 3 aromatic carbocycles. The van der Waals surface area contributed by atoms with Gasteiger partial charge >= 0.3 is 6.03 Å². The van der Waals surface area contributed by atoms with Crippen LogP contribution in [0.5, 0.6) is 5.75 Å². The summed E-state index contributed by atoms with van der Waals surface area (Å²) >= 11 is 0. The molecule has 29 heavy (non-hydrogen) atoms. The molecule has 0 heterocycles. The minimum Gasteiger partial charge on any atom is -0.497 e. The van der Waals surface area contributed by atoms with Gasteiger partial charge in [-0.2, -0.15) is 0 Å². The number of ether oxygens (including phenoxy) is 1. The Hall–Kier alpha value is -3.86. The Morgan fingerprint density at radius 3 is 1.90 bits per heavy atom. The highest BCUT2D eigenvalue weighted by molar-refractivity contribution is 6.07. The van der Waals surface area contributed by atoms with Gasteiger partial charge in [-0.05, 0) is 67.1 Å². The van der Waals surface area contributed by atoms with Gasteiger partial charge in [0.25, 0.3) is 0 Å². The monoisotopic (exact) mass is 386 g/mol. The van der Waals surface area contributed by atoms with Crippen molar-refractivity contribution in [2.45, 2.75) is 6.92 Å². The first-order valence-corrected chi connectivity index (χ1v) is 9.15. The predicted octanol–water partition coefficient (Wildman–Crippen LogP) is 5.54. The van der Waals surface area contributed by atoms with E-state index in [-0.39, 0.29) is 11.8 Å². The van der Waals surface area contributed by atoms with E-state index in [0.29, 0.717) is 22.7 Å². The van der Waals surface area contributed by atoms with Gasteiger partial charge in [-0.15, -0.1) is 0 Å². The number of aryl methyl sites for hydroxylation is 1. The van der Waals surface area contributed by atoms with E-state index >= 15 is 0 Å². The number of hydrogen-bond donors (Lipinski definition) is 2. The maximum Gasteiger partial charge on any atom is 0.323 e. The lowest BCUT2D eigenvalue weighted by atomic mass is 10.1. The van der Waals surface area contributed by atoms with Crippen LogP contribution >= 0.6 is 0 Å². The first kappa shape index (κ1) is 19.9. The number of rotatable bonds is 6. The number of allylic oxidation sites excluding steroid dienone is 1. The number of anilines is 2. The topological polar surface area (TPSA) is 67.4 Å². The summed E-state index contributed by atoms with van der Waals surface area (Å²) < 4.78 is 5.09. The van der Waals surface area contributed by atoms with Crippen LogP contribution in [-0.4, -0.2) is 18.9 Å². The lowest BCUT2D eigenvalue weighted by molar-refractivity contribution is 0.104. The highest BCUT2D eigenvalue weighted by atomic mass is 16.5. The third-order valence-electron chi connectivity index (χ3n) is 4.28. The van der Waals surface area contributed by atoms with Crippen LogP contribution in [-0.2, 0) is 0 Å². The van der Waals surface area contributed by atoms with Gasteiger partial charge in [-0.1, -0.05) is 35.9 Å². The average Bonchev–Trinajstić information content (AvgIpc) is 2.74. The van der Waals surface area contributed by atoms with Crippen LogP contribution in [0.25, 0.3) is 6.08 Å². The second kappa shape index (κ2) is 9.37. The van der Waals surface area contributed by atoms with Crippen molar-refractivity contribution in [3.8, 4) is 5.75 Å². The van der Waals surface area contributed by atoms with Gasteiger partial charge in [0.1, 0.15) is 5.75 Å². The Morgan fingerprint density at radius 1 is 0.793 bits per heavy atom. The molecule has 0 saturated heterocycles. The van der Waals surface area contributed by atoms with E-state index in [1.807, 2.05) is 31.2 Å². The Kier molecular flexibility index (Phi) is 6.43. The van der Waals surface area contributed by atoms with Crippen molar-refractivity contribution in [1.82, 2.24) is 0 Å². The number of amides is 2. The summed E-state index contributed by atoms with van der Waals surface area (Å²) in [5.74, 6) is 0.618. The first-order chi connectivity index (χ1) is 14.0. The summed E-state index contributed by atoms with van der Waals surface area (Å²) in [6, 6.07) is 21.4. The van der Waals surface area contributed by atoms with Crippen molar-refractivity contribution in [2.75, 3.05) is 17.7 Å². The Bertz CT molecular complexity index is 1010. The molecule has 0 aliphatic carbocycles. The molecule has 146 valence electrons. The van der Waals surface area contributed by atoms with Crippen LogP contribution in [0.3, 0.4) is 0 Å². The fraction of sp³-hybridized carbons (Fsp3) is 0.0833. The summed E-state index contributed by atoms with van der Waals surface area (Å²) in [6.07, 6.45) is 3.33. The van der Waals surface area contributed by atoms with E-state index in [9.17, 15) is 9.59 Å². The van der Waals surface area contributed by atoms with Crippen molar-refractivity contribution in [1.29, 1.82) is 0 Å². The first-order valence-electron chi connectivity index (χ1n) is 9.15. The number of ketones is 1. The zero-order valence-corrected chi connectivity index (χ0v) is 16.3. The lowest BCUT2D eigenvalue weighted by Gasteiger charge is -2.08. The van der Waals surface area contributed by atoms with E-state index in [4.69, 9.17) is 4.74 Å². The van der Waals surface area contributed by atoms with Crippen molar-refractivity contribution in [2.24, 2.45) is 0 Å². The third-order valence-corrected chi connectivity index (χ3v) is 4.28. The standard InChI is InChI=1S/C24H22N2O3/c1-17-3-5-18(6-4-17)7-16-23(27)19-8-10-20(11-9-19)25-24(28)26-21-12-14-22(29-2)15-13-21/h3-16H,1-2H3,(H2,25,26,28)/b16-7+. The molecule has 3 rings (SSSR count). The number of carbonyl (C=O) groups excluding carboxylic acids is 2. The summed E-state index contributed by atoms with van der Waals surface area (Å²) in [4.78, 5) is 24.4. The van der Waals surface area contributed by atoms with Crippen LogP contribution in [0.15, 0.2) is 78.9 Å². The molecule has 0 bridgehead atoms. The highest BCUT2D eigenvalue weighted by Crippen LogP contribution is 2.16. The molecule has 0 saturated carbocycles. The number of urea groups is 1. The number of carbonyl (C=O) groups is 2. The van der Waals surface area contributed by atoms with Crippen molar-refractivity contribution >= 4 is 29.3 Å². The number of hydrogen-bond acceptors (Lipinski definition) is 3. The molecule has 0 atom stereocenters. The van der Waals surface area contributed by atoms with Gasteiger partial charge in [-0.25, -0.2) is 4.79 Å². The third kappa shape index (κ3) is 5.81. The fourth-order valence-electron chi connectivity index (χ4n) is 2.63. The molecule has 2 N–H and O–H groups in total. The molecule has 5 heteroatoms. The maximum atomic E-state index is 12.3. The van der Waals surface area contributed by atoms with Crippen molar-refractivity contribution < 1.29 is 14.3 Å². The number of benzene rings is 3. The molecular formula is C24H22N2O3. The van der Waals surface area contributed by atoms with Crippen LogP contribution in [0.2, 0.25) is 0 Å². The molecule has 3 aromatic rings. The molecule has 0 spiro atoms. The summed E-state index contributed by atoms with van der Waals surface area (Å²) in [5, 5.41) is 5.48. The summed E-state index contributed by atoms with van der Waals surface area (Å²) in [7, 11) is 1.59. The SMILES string of the molecule is COc1ccc(NC(=O)Nc2ccc(C(=O)/C=C/c3ccc(C)cc3)cc2)cc1. The van der Waals surface area contributed by atoms with Gasteiger partial charge < -0.3 is 15.4 Å². The Balaban J connectivity index is 1.56. The van der Waals surface area contributed by atoms with E-state index in [2.05, 4.69) is 10.6 Å². The van der Waals surface area contributed by atoms with Crippen LogP contribution in [0.1, 0.15) is 21.5 Å².